The summed E-state index contributed by atoms with van der Waals surface area (Å²) in [6, 6.07) is 4.57. The molecule has 2 aliphatic rings. The number of amides is 1. The fourth-order valence-corrected chi connectivity index (χ4v) is 4.16. The maximum Gasteiger partial charge on any atom is 0.263 e. The molecule has 0 spiro atoms. The zero-order valence-corrected chi connectivity index (χ0v) is 17.0. The molecule has 1 aliphatic carbocycles. The molecule has 1 saturated carbocycles. The average Bonchev–Trinajstić information content (AvgIpc) is 3.44. The van der Waals surface area contributed by atoms with E-state index in [2.05, 4.69) is 4.98 Å². The van der Waals surface area contributed by atoms with Crippen LogP contribution < -0.4 is 5.56 Å². The number of rotatable bonds is 4. The molecule has 0 unspecified atom stereocenters. The average molecular weight is 433 g/mol. The van der Waals surface area contributed by atoms with Gasteiger partial charge in [-0.2, -0.15) is 0 Å². The van der Waals surface area contributed by atoms with Crippen LogP contribution in [0.15, 0.2) is 35.5 Å². The number of carbonyl (C=O) groups excluding carboxylic acids is 1. The van der Waals surface area contributed by atoms with Gasteiger partial charge in [0.2, 0.25) is 5.91 Å². The molecule has 9 heteroatoms. The number of fused-ring (bicyclic) bond motifs is 1. The van der Waals surface area contributed by atoms with Gasteiger partial charge in [0.15, 0.2) is 0 Å². The Morgan fingerprint density at radius 1 is 1.33 bits per heavy atom. The number of aromatic nitrogens is 3. The number of halogens is 3. The topological polar surface area (TPSA) is 60.1 Å². The van der Waals surface area contributed by atoms with Crippen LogP contribution in [0.1, 0.15) is 25.8 Å². The van der Waals surface area contributed by atoms with Crippen LogP contribution in [-0.4, -0.2) is 43.7 Å². The monoisotopic (exact) mass is 432 g/mol. The van der Waals surface area contributed by atoms with Crippen LogP contribution in [0.5, 0.6) is 0 Å². The minimum Gasteiger partial charge on any atom is -0.335 e. The van der Waals surface area contributed by atoms with Gasteiger partial charge in [0.1, 0.15) is 30.0 Å². The van der Waals surface area contributed by atoms with E-state index < -0.39 is 11.5 Å². The molecule has 6 nitrogen and oxygen atoms in total. The van der Waals surface area contributed by atoms with Crippen molar-refractivity contribution in [3.05, 3.63) is 51.9 Å². The standard InChI is InChI=1S/C21H19ClF2N4O2/c1-21(24)9-27(10-21)17(29)8-26-11-25-19-18(20(26)30)14(7-28(19)13-3-4-13)12-2-5-16(23)15(22)6-12/h2,5-7,11,13H,3-4,8-10H2,1H3. The van der Waals surface area contributed by atoms with Crippen LogP contribution in [0.4, 0.5) is 8.78 Å². The first-order chi connectivity index (χ1) is 14.2. The highest BCUT2D eigenvalue weighted by Gasteiger charge is 2.41. The van der Waals surface area contributed by atoms with Gasteiger partial charge in [-0.3, -0.25) is 14.2 Å². The lowest BCUT2D eigenvalue weighted by Gasteiger charge is -2.42. The molecule has 2 aromatic heterocycles. The summed E-state index contributed by atoms with van der Waals surface area (Å²) in [5.74, 6) is -0.872. The molecule has 1 aliphatic heterocycles. The van der Waals surface area contributed by atoms with Gasteiger partial charge in [-0.15, -0.1) is 0 Å². The Morgan fingerprint density at radius 3 is 2.70 bits per heavy atom. The van der Waals surface area contributed by atoms with Gasteiger partial charge >= 0.3 is 0 Å². The molecule has 3 aromatic rings. The molecule has 156 valence electrons. The molecule has 1 amide bonds. The molecule has 0 atom stereocenters. The molecule has 1 saturated heterocycles. The van der Waals surface area contributed by atoms with Crippen molar-refractivity contribution in [2.75, 3.05) is 13.1 Å². The SMILES string of the molecule is CC1(F)CN(C(=O)Cn2cnc3c(c(-c4ccc(F)c(Cl)c4)cn3C3CC3)c2=O)C1. The minimum atomic E-state index is -1.38. The summed E-state index contributed by atoms with van der Waals surface area (Å²) >= 11 is 5.96. The number of hydrogen-bond donors (Lipinski definition) is 0. The van der Waals surface area contributed by atoms with Crippen LogP contribution in [0.25, 0.3) is 22.2 Å². The molecule has 5 rings (SSSR count). The third kappa shape index (κ3) is 3.19. The fraction of sp³-hybridized carbons (Fsp3) is 0.381. The molecule has 3 heterocycles. The molecule has 0 radical (unpaired) electrons. The van der Waals surface area contributed by atoms with Crippen molar-refractivity contribution in [2.45, 2.75) is 38.0 Å². The number of alkyl halides is 1. The van der Waals surface area contributed by atoms with Crippen LogP contribution in [-0.2, 0) is 11.3 Å². The minimum absolute atomic E-state index is 0.0215. The highest BCUT2D eigenvalue weighted by molar-refractivity contribution is 6.31. The van der Waals surface area contributed by atoms with E-state index in [1.807, 2.05) is 10.8 Å². The fourth-order valence-electron chi connectivity index (χ4n) is 3.97. The van der Waals surface area contributed by atoms with Crippen molar-refractivity contribution in [3.8, 4) is 11.1 Å². The van der Waals surface area contributed by atoms with Crippen LogP contribution in [0.2, 0.25) is 5.02 Å². The van der Waals surface area contributed by atoms with Crippen LogP contribution in [0, 0.1) is 5.82 Å². The zero-order valence-electron chi connectivity index (χ0n) is 16.2. The summed E-state index contributed by atoms with van der Waals surface area (Å²) in [6.07, 6.45) is 5.19. The van der Waals surface area contributed by atoms with E-state index in [0.717, 1.165) is 12.8 Å². The molecule has 30 heavy (non-hydrogen) atoms. The Balaban J connectivity index is 1.58. The number of benzene rings is 1. The summed E-state index contributed by atoms with van der Waals surface area (Å²) in [4.78, 5) is 31.5. The van der Waals surface area contributed by atoms with Crippen molar-refractivity contribution in [3.63, 3.8) is 0 Å². The second kappa shape index (κ2) is 6.63. The second-order valence-electron chi connectivity index (χ2n) is 8.35. The predicted octanol–water partition coefficient (Wildman–Crippen LogP) is 3.56. The number of likely N-dealkylation sites (tertiary alicyclic amines) is 1. The summed E-state index contributed by atoms with van der Waals surface area (Å²) in [5.41, 5.74) is -0.0176. The van der Waals surface area contributed by atoms with E-state index in [1.54, 1.807) is 6.07 Å². The molecule has 0 N–H and O–H groups in total. The van der Waals surface area contributed by atoms with Gasteiger partial charge in [-0.1, -0.05) is 17.7 Å². The summed E-state index contributed by atoms with van der Waals surface area (Å²) in [5, 5.41) is 0.324. The van der Waals surface area contributed by atoms with Gasteiger partial charge in [0.25, 0.3) is 5.56 Å². The maximum absolute atomic E-state index is 13.7. The van der Waals surface area contributed by atoms with E-state index in [4.69, 9.17) is 11.6 Å². The number of carbonyl (C=O) groups is 1. The first-order valence-corrected chi connectivity index (χ1v) is 10.1. The first-order valence-electron chi connectivity index (χ1n) is 9.75. The number of hydrogen-bond acceptors (Lipinski definition) is 3. The first kappa shape index (κ1) is 19.2. The lowest BCUT2D eigenvalue weighted by Crippen LogP contribution is -2.60. The zero-order chi connectivity index (χ0) is 21.2. The largest absolute Gasteiger partial charge is 0.335 e. The third-order valence-corrected chi connectivity index (χ3v) is 5.96. The van der Waals surface area contributed by atoms with Gasteiger partial charge in [0.05, 0.1) is 23.5 Å². The van der Waals surface area contributed by atoms with Gasteiger partial charge < -0.3 is 9.47 Å². The normalized spacial score (nSPS) is 17.9. The van der Waals surface area contributed by atoms with E-state index in [0.29, 0.717) is 22.2 Å². The maximum atomic E-state index is 13.7. The highest BCUT2D eigenvalue weighted by atomic mass is 35.5. The van der Waals surface area contributed by atoms with E-state index in [1.165, 1.54) is 34.9 Å². The quantitative estimate of drug-likeness (QED) is 0.633. The summed E-state index contributed by atoms with van der Waals surface area (Å²) < 4.78 is 30.6. The van der Waals surface area contributed by atoms with Gasteiger partial charge in [-0.25, -0.2) is 13.8 Å². The van der Waals surface area contributed by atoms with Crippen molar-refractivity contribution in [1.29, 1.82) is 0 Å². The number of nitrogens with zero attached hydrogens (tertiary/aromatic N) is 4. The lowest BCUT2D eigenvalue weighted by atomic mass is 9.99. The Kier molecular flexibility index (Phi) is 4.25. The summed E-state index contributed by atoms with van der Waals surface area (Å²) in [7, 11) is 0. The van der Waals surface area contributed by atoms with Gasteiger partial charge in [-0.05, 0) is 37.5 Å². The molecule has 2 fully saturated rings. The Hall–Kier alpha value is -2.74. The molecular formula is C21H19ClF2N4O2. The van der Waals surface area contributed by atoms with E-state index >= 15 is 0 Å². The van der Waals surface area contributed by atoms with Crippen molar-refractivity contribution < 1.29 is 13.6 Å². The Labute approximate surface area is 175 Å². The molecule has 1 aromatic carbocycles. The van der Waals surface area contributed by atoms with Gasteiger partial charge in [0, 0.05) is 17.8 Å². The van der Waals surface area contributed by atoms with Crippen LogP contribution in [0.3, 0.4) is 0 Å². The van der Waals surface area contributed by atoms with Crippen molar-refractivity contribution >= 4 is 28.5 Å². The Morgan fingerprint density at radius 2 is 2.07 bits per heavy atom. The summed E-state index contributed by atoms with van der Waals surface area (Å²) in [6.45, 7) is 1.27. The van der Waals surface area contributed by atoms with Crippen molar-refractivity contribution in [1.82, 2.24) is 19.0 Å². The molecule has 0 bridgehead atoms. The lowest BCUT2D eigenvalue weighted by molar-refractivity contribution is -0.144. The third-order valence-electron chi connectivity index (χ3n) is 5.67. The highest BCUT2D eigenvalue weighted by Crippen LogP contribution is 2.40. The predicted molar refractivity (Wildman–Crippen MR) is 109 cm³/mol. The van der Waals surface area contributed by atoms with E-state index in [-0.39, 0.29) is 42.2 Å². The van der Waals surface area contributed by atoms with E-state index in [9.17, 15) is 18.4 Å². The molecular weight excluding hydrogens is 414 g/mol. The Bertz CT molecular complexity index is 1240. The smallest absolute Gasteiger partial charge is 0.263 e. The van der Waals surface area contributed by atoms with Crippen molar-refractivity contribution in [2.24, 2.45) is 0 Å². The second-order valence-corrected chi connectivity index (χ2v) is 8.76. The van der Waals surface area contributed by atoms with Crippen LogP contribution >= 0.6 is 11.6 Å².